The van der Waals surface area contributed by atoms with Crippen molar-refractivity contribution < 1.29 is 19.1 Å². The Morgan fingerprint density at radius 3 is 2.58 bits per heavy atom. The Hall–Kier alpha value is -2.73. The number of likely N-dealkylation sites (tertiary alicyclic amines) is 1. The van der Waals surface area contributed by atoms with Gasteiger partial charge in [-0.1, -0.05) is 43.1 Å². The summed E-state index contributed by atoms with van der Waals surface area (Å²) < 4.78 is 11.1. The number of halogens is 1. The van der Waals surface area contributed by atoms with E-state index in [9.17, 15) is 9.59 Å². The number of nitrogens with zero attached hydrogens (tertiary/aromatic N) is 1. The maximum atomic E-state index is 13.2. The second-order valence-electron chi connectivity index (χ2n) is 7.66. The number of rotatable bonds is 8. The van der Waals surface area contributed by atoms with Crippen LogP contribution >= 0.6 is 11.6 Å². The van der Waals surface area contributed by atoms with E-state index in [1.807, 2.05) is 18.2 Å². The number of benzene rings is 2. The van der Waals surface area contributed by atoms with Crippen LogP contribution in [0.3, 0.4) is 0 Å². The Balaban J connectivity index is 1.93. The van der Waals surface area contributed by atoms with E-state index in [1.54, 1.807) is 43.4 Å². The smallest absolute Gasteiger partial charge is 0.253 e. The molecule has 6 nitrogen and oxygen atoms in total. The van der Waals surface area contributed by atoms with Crippen LogP contribution in [0.15, 0.2) is 42.5 Å². The van der Waals surface area contributed by atoms with Crippen molar-refractivity contribution in [2.24, 2.45) is 5.92 Å². The number of unbranched alkanes of at least 4 members (excludes halogenated alkanes) is 1. The van der Waals surface area contributed by atoms with Gasteiger partial charge in [0.1, 0.15) is 0 Å². The molecule has 2 aromatic carbocycles. The number of hydrogen-bond donors (Lipinski definition) is 1. The second-order valence-corrected chi connectivity index (χ2v) is 8.10. The predicted molar refractivity (Wildman–Crippen MR) is 121 cm³/mol. The Bertz CT molecular complexity index is 934. The molecule has 0 aromatic heterocycles. The molecular weight excluding hydrogens is 416 g/mol. The lowest BCUT2D eigenvalue weighted by molar-refractivity contribution is -0.124. The fraction of sp³-hybridized carbons (Fsp3) is 0.417. The normalized spacial score (nSPS) is 18.0. The minimum absolute atomic E-state index is 0.0512. The van der Waals surface area contributed by atoms with Crippen molar-refractivity contribution >= 4 is 23.4 Å². The SMILES string of the molecule is CCCCNC(=O)[C@H]1CN(C(=O)c2cccc(Cl)c2)C[C@@H]1c1cccc(OC)c1OC. The van der Waals surface area contributed by atoms with Gasteiger partial charge in [0.2, 0.25) is 5.91 Å². The van der Waals surface area contributed by atoms with Crippen LogP contribution in [0.4, 0.5) is 0 Å². The molecular formula is C24H29ClN2O4. The highest BCUT2D eigenvalue weighted by molar-refractivity contribution is 6.30. The van der Waals surface area contributed by atoms with Crippen molar-refractivity contribution in [3.05, 3.63) is 58.6 Å². The molecule has 1 aliphatic heterocycles. The Kier molecular flexibility index (Phi) is 7.80. The number of nitrogens with one attached hydrogen (secondary N) is 1. The first kappa shape index (κ1) is 22.9. The van der Waals surface area contributed by atoms with Gasteiger partial charge < -0.3 is 19.7 Å². The van der Waals surface area contributed by atoms with Crippen LogP contribution in [-0.4, -0.2) is 50.6 Å². The second kappa shape index (κ2) is 10.5. The van der Waals surface area contributed by atoms with Crippen molar-refractivity contribution in [2.45, 2.75) is 25.7 Å². The first-order valence-electron chi connectivity index (χ1n) is 10.5. The lowest BCUT2D eigenvalue weighted by Crippen LogP contribution is -2.36. The van der Waals surface area contributed by atoms with Crippen LogP contribution < -0.4 is 14.8 Å². The summed E-state index contributed by atoms with van der Waals surface area (Å²) in [5.41, 5.74) is 1.37. The average molecular weight is 445 g/mol. The predicted octanol–water partition coefficient (Wildman–Crippen LogP) is 4.13. The lowest BCUT2D eigenvalue weighted by Gasteiger charge is -2.21. The molecule has 1 fully saturated rings. The highest BCUT2D eigenvalue weighted by atomic mass is 35.5. The van der Waals surface area contributed by atoms with E-state index >= 15 is 0 Å². The van der Waals surface area contributed by atoms with Gasteiger partial charge in [-0.05, 0) is 30.7 Å². The summed E-state index contributed by atoms with van der Waals surface area (Å²) >= 11 is 6.08. The third-order valence-corrected chi connectivity index (χ3v) is 5.91. The third-order valence-electron chi connectivity index (χ3n) is 5.68. The Morgan fingerprint density at radius 1 is 1.13 bits per heavy atom. The number of methoxy groups -OCH3 is 2. The van der Waals surface area contributed by atoms with Gasteiger partial charge in [-0.3, -0.25) is 9.59 Å². The summed E-state index contributed by atoms with van der Waals surface area (Å²) in [6.07, 6.45) is 1.91. The highest BCUT2D eigenvalue weighted by Gasteiger charge is 2.42. The molecule has 1 N–H and O–H groups in total. The number of para-hydroxylation sites is 1. The molecule has 2 amide bonds. The number of amides is 2. The minimum atomic E-state index is -0.388. The van der Waals surface area contributed by atoms with Gasteiger partial charge in [-0.2, -0.15) is 0 Å². The molecule has 166 valence electrons. The van der Waals surface area contributed by atoms with Crippen molar-refractivity contribution in [1.82, 2.24) is 10.2 Å². The summed E-state index contributed by atoms with van der Waals surface area (Å²) in [4.78, 5) is 28.0. The fourth-order valence-electron chi connectivity index (χ4n) is 4.08. The first-order valence-corrected chi connectivity index (χ1v) is 10.9. The van der Waals surface area contributed by atoms with Crippen molar-refractivity contribution in [2.75, 3.05) is 33.9 Å². The van der Waals surface area contributed by atoms with Gasteiger partial charge in [0, 0.05) is 41.7 Å². The highest BCUT2D eigenvalue weighted by Crippen LogP contribution is 2.42. The maximum Gasteiger partial charge on any atom is 0.253 e. The van der Waals surface area contributed by atoms with Crippen molar-refractivity contribution in [3.63, 3.8) is 0 Å². The third kappa shape index (κ3) is 5.13. The lowest BCUT2D eigenvalue weighted by atomic mass is 9.87. The van der Waals surface area contributed by atoms with Gasteiger partial charge in [-0.25, -0.2) is 0 Å². The Labute approximate surface area is 188 Å². The summed E-state index contributed by atoms with van der Waals surface area (Å²) in [7, 11) is 3.17. The van der Waals surface area contributed by atoms with Gasteiger partial charge in [0.15, 0.2) is 11.5 Å². The zero-order valence-corrected chi connectivity index (χ0v) is 18.9. The van der Waals surface area contributed by atoms with Crippen LogP contribution in [0, 0.1) is 5.92 Å². The van der Waals surface area contributed by atoms with Crippen LogP contribution in [-0.2, 0) is 4.79 Å². The molecule has 0 saturated carbocycles. The fourth-order valence-corrected chi connectivity index (χ4v) is 4.27. The van der Waals surface area contributed by atoms with Crippen LogP contribution in [0.25, 0.3) is 0 Å². The number of hydrogen-bond acceptors (Lipinski definition) is 4. The monoisotopic (exact) mass is 444 g/mol. The van der Waals surface area contributed by atoms with E-state index in [0.29, 0.717) is 41.7 Å². The van der Waals surface area contributed by atoms with Gasteiger partial charge in [-0.15, -0.1) is 0 Å². The molecule has 1 heterocycles. The van der Waals surface area contributed by atoms with Crippen LogP contribution in [0.5, 0.6) is 11.5 Å². The Morgan fingerprint density at radius 2 is 1.90 bits per heavy atom. The molecule has 0 radical (unpaired) electrons. The number of ether oxygens (including phenoxy) is 2. The van der Waals surface area contributed by atoms with Crippen LogP contribution in [0.1, 0.15) is 41.6 Å². The molecule has 2 aromatic rings. The molecule has 0 unspecified atom stereocenters. The molecule has 0 aliphatic carbocycles. The molecule has 1 aliphatic rings. The van der Waals surface area contributed by atoms with Gasteiger partial charge in [0.05, 0.1) is 20.1 Å². The molecule has 3 rings (SSSR count). The number of carbonyl (C=O) groups is 2. The van der Waals surface area contributed by atoms with E-state index in [0.717, 1.165) is 18.4 Å². The van der Waals surface area contributed by atoms with Crippen LogP contribution in [0.2, 0.25) is 5.02 Å². The van der Waals surface area contributed by atoms with E-state index in [-0.39, 0.29) is 23.7 Å². The first-order chi connectivity index (χ1) is 15.0. The molecule has 2 atom stereocenters. The molecule has 31 heavy (non-hydrogen) atoms. The standard InChI is InChI=1S/C24H29ClN2O4/c1-4-5-12-26-23(28)20-15-27(24(29)16-8-6-9-17(25)13-16)14-19(20)18-10-7-11-21(30-2)22(18)31-3/h6-11,13,19-20H,4-5,12,14-15H2,1-3H3,(H,26,28)/t19-,20+/m1/s1. The average Bonchev–Trinajstić information content (AvgIpc) is 3.23. The van der Waals surface area contributed by atoms with Gasteiger partial charge >= 0.3 is 0 Å². The summed E-state index contributed by atoms with van der Waals surface area (Å²) in [6.45, 7) is 3.43. The van der Waals surface area contributed by atoms with Crippen molar-refractivity contribution in [1.29, 1.82) is 0 Å². The molecule has 7 heteroatoms. The van der Waals surface area contributed by atoms with E-state index in [1.165, 1.54) is 0 Å². The summed E-state index contributed by atoms with van der Waals surface area (Å²) in [6, 6.07) is 12.5. The molecule has 0 bridgehead atoms. The number of carbonyl (C=O) groups excluding carboxylic acids is 2. The van der Waals surface area contributed by atoms with E-state index in [2.05, 4.69) is 12.2 Å². The van der Waals surface area contributed by atoms with Crippen molar-refractivity contribution in [3.8, 4) is 11.5 Å². The summed E-state index contributed by atoms with van der Waals surface area (Å²) in [5, 5.41) is 3.53. The quantitative estimate of drug-likeness (QED) is 0.621. The maximum absolute atomic E-state index is 13.2. The largest absolute Gasteiger partial charge is 0.493 e. The van der Waals surface area contributed by atoms with E-state index in [4.69, 9.17) is 21.1 Å². The topological polar surface area (TPSA) is 67.9 Å². The zero-order valence-electron chi connectivity index (χ0n) is 18.2. The van der Waals surface area contributed by atoms with E-state index < -0.39 is 0 Å². The molecule has 0 spiro atoms. The zero-order chi connectivity index (χ0) is 22.4. The minimum Gasteiger partial charge on any atom is -0.493 e. The molecule has 1 saturated heterocycles. The summed E-state index contributed by atoms with van der Waals surface area (Å²) in [5.74, 6) is 0.405. The van der Waals surface area contributed by atoms with Gasteiger partial charge in [0.25, 0.3) is 5.91 Å².